The highest BCUT2D eigenvalue weighted by molar-refractivity contribution is 8.45. The molecular formula is C16H15F8N5O2S. The van der Waals surface area contributed by atoms with E-state index in [2.05, 4.69) is 10.1 Å². The predicted molar refractivity (Wildman–Crippen MR) is 98.1 cm³/mol. The van der Waals surface area contributed by atoms with Crippen molar-refractivity contribution in [1.29, 1.82) is 0 Å². The number of carbonyl (C=O) groups excluding carboxylic acids is 2. The summed E-state index contributed by atoms with van der Waals surface area (Å²) in [5, 5.41) is 3.84. The van der Waals surface area contributed by atoms with Crippen LogP contribution in [0.4, 0.5) is 32.6 Å². The molecule has 2 aromatic rings. The number of amides is 2. The van der Waals surface area contributed by atoms with Gasteiger partial charge >= 0.3 is 16.4 Å². The van der Waals surface area contributed by atoms with Crippen molar-refractivity contribution in [3.05, 3.63) is 36.2 Å². The van der Waals surface area contributed by atoms with Gasteiger partial charge in [0.05, 0.1) is 5.56 Å². The number of imide groups is 1. The Morgan fingerprint density at radius 1 is 1.16 bits per heavy atom. The van der Waals surface area contributed by atoms with Crippen LogP contribution in [0.1, 0.15) is 25.3 Å². The average Bonchev–Trinajstić information content (AvgIpc) is 3.12. The SMILES string of the molecule is CCCC(=O)N(N)C(=O)/C=C\n1cnc(-c2cc(C(F)(F)F)cc(S(F)(F)(F)(F)F)c2)n1. The van der Waals surface area contributed by atoms with Gasteiger partial charge in [0.25, 0.3) is 5.91 Å². The van der Waals surface area contributed by atoms with E-state index in [1.807, 2.05) is 0 Å². The van der Waals surface area contributed by atoms with E-state index in [0.29, 0.717) is 16.1 Å². The number of aromatic nitrogens is 3. The summed E-state index contributed by atoms with van der Waals surface area (Å²) in [5.41, 5.74) is -2.96. The molecule has 32 heavy (non-hydrogen) atoms. The lowest BCUT2D eigenvalue weighted by Crippen LogP contribution is -2.41. The molecule has 0 radical (unpaired) electrons. The third-order valence-corrected chi connectivity index (χ3v) is 4.91. The van der Waals surface area contributed by atoms with Gasteiger partial charge in [0.1, 0.15) is 11.2 Å². The second-order valence-corrected chi connectivity index (χ2v) is 8.84. The molecule has 1 heterocycles. The Bertz CT molecular complexity index is 1080. The summed E-state index contributed by atoms with van der Waals surface area (Å²) in [6.45, 7) is 1.67. The molecule has 1 aromatic heterocycles. The van der Waals surface area contributed by atoms with Crippen LogP contribution in [0.15, 0.2) is 35.5 Å². The lowest BCUT2D eigenvalue weighted by molar-refractivity contribution is -0.142. The average molecular weight is 493 g/mol. The first-order valence-electron chi connectivity index (χ1n) is 8.49. The second-order valence-electron chi connectivity index (χ2n) is 6.43. The van der Waals surface area contributed by atoms with Crippen LogP contribution in [-0.4, -0.2) is 31.6 Å². The fourth-order valence-corrected chi connectivity index (χ4v) is 2.97. The largest absolute Gasteiger partial charge is 0.416 e. The normalized spacial score (nSPS) is 14.8. The first kappa shape index (κ1) is 25.3. The van der Waals surface area contributed by atoms with Crippen molar-refractivity contribution in [2.45, 2.75) is 30.8 Å². The van der Waals surface area contributed by atoms with E-state index in [9.17, 15) is 42.2 Å². The summed E-state index contributed by atoms with van der Waals surface area (Å²) in [6.07, 6.45) is -2.59. The third-order valence-electron chi connectivity index (χ3n) is 3.79. The van der Waals surface area contributed by atoms with Crippen molar-refractivity contribution in [2.75, 3.05) is 0 Å². The van der Waals surface area contributed by atoms with Crippen LogP contribution in [0.2, 0.25) is 0 Å². The van der Waals surface area contributed by atoms with Gasteiger partial charge < -0.3 is 0 Å². The first-order valence-corrected chi connectivity index (χ1v) is 10.4. The molecule has 0 unspecified atom stereocenters. The van der Waals surface area contributed by atoms with Gasteiger partial charge in [-0.05, 0) is 24.6 Å². The van der Waals surface area contributed by atoms with Crippen LogP contribution in [-0.2, 0) is 15.8 Å². The van der Waals surface area contributed by atoms with Gasteiger partial charge in [-0.1, -0.05) is 26.4 Å². The molecule has 178 valence electrons. The van der Waals surface area contributed by atoms with Gasteiger partial charge in [0.15, 0.2) is 5.82 Å². The van der Waals surface area contributed by atoms with Gasteiger partial charge in [-0.3, -0.25) is 9.59 Å². The number of alkyl halides is 3. The van der Waals surface area contributed by atoms with Crippen LogP contribution in [0.25, 0.3) is 17.6 Å². The Balaban J connectivity index is 2.42. The topological polar surface area (TPSA) is 94.1 Å². The molecular weight excluding hydrogens is 478 g/mol. The Hall–Kier alpha value is -3.01. The predicted octanol–water partition coefficient (Wildman–Crippen LogP) is 5.12. The van der Waals surface area contributed by atoms with E-state index in [-0.39, 0.29) is 18.6 Å². The Morgan fingerprint density at radius 3 is 2.31 bits per heavy atom. The molecule has 1 aromatic carbocycles. The lowest BCUT2D eigenvalue weighted by atomic mass is 10.1. The highest BCUT2D eigenvalue weighted by Gasteiger charge is 2.66. The highest BCUT2D eigenvalue weighted by Crippen LogP contribution is 3.02. The van der Waals surface area contributed by atoms with E-state index >= 15 is 0 Å². The van der Waals surface area contributed by atoms with Crippen molar-refractivity contribution in [1.82, 2.24) is 19.8 Å². The zero-order valence-corrected chi connectivity index (χ0v) is 16.8. The summed E-state index contributed by atoms with van der Waals surface area (Å²) in [5.74, 6) is 2.85. The van der Waals surface area contributed by atoms with Gasteiger partial charge in [-0.15, -0.1) is 5.10 Å². The van der Waals surface area contributed by atoms with Crippen molar-refractivity contribution in [3.8, 4) is 11.4 Å². The quantitative estimate of drug-likeness (QED) is 0.198. The maximum absolute atomic E-state index is 13.1. The number of halogens is 8. The van der Waals surface area contributed by atoms with Crippen LogP contribution in [0.5, 0.6) is 0 Å². The molecule has 0 aliphatic rings. The van der Waals surface area contributed by atoms with Crippen LogP contribution >= 0.6 is 10.2 Å². The summed E-state index contributed by atoms with van der Waals surface area (Å²) in [6, 6.07) is -0.716. The van der Waals surface area contributed by atoms with Crippen LogP contribution in [0, 0.1) is 0 Å². The molecule has 7 nitrogen and oxygen atoms in total. The van der Waals surface area contributed by atoms with Crippen molar-refractivity contribution in [3.63, 3.8) is 0 Å². The summed E-state index contributed by atoms with van der Waals surface area (Å²) in [4.78, 5) is 24.0. The molecule has 2 amide bonds. The molecule has 0 saturated heterocycles. The molecule has 2 N–H and O–H groups in total. The van der Waals surface area contributed by atoms with Gasteiger partial charge in [0, 0.05) is 24.3 Å². The Morgan fingerprint density at radius 2 is 1.78 bits per heavy atom. The van der Waals surface area contributed by atoms with E-state index in [4.69, 9.17) is 5.84 Å². The van der Waals surface area contributed by atoms with Crippen molar-refractivity contribution >= 4 is 28.2 Å². The van der Waals surface area contributed by atoms with Gasteiger partial charge in [0.2, 0.25) is 5.91 Å². The Labute approximate surface area is 175 Å². The number of hydrogen-bond acceptors (Lipinski definition) is 5. The Kier molecular flexibility index (Phi) is 5.95. The fraction of sp³-hybridized carbons (Fsp3) is 0.250. The molecule has 0 aliphatic carbocycles. The number of nitrogens with two attached hydrogens (primary N) is 1. The van der Waals surface area contributed by atoms with E-state index < -0.39 is 56.1 Å². The van der Waals surface area contributed by atoms with Gasteiger partial charge in [-0.25, -0.2) is 20.5 Å². The maximum Gasteiger partial charge on any atom is 0.416 e. The fourth-order valence-electron chi connectivity index (χ4n) is 2.27. The zero-order chi connectivity index (χ0) is 24.6. The monoisotopic (exact) mass is 493 g/mol. The maximum atomic E-state index is 13.1. The molecule has 0 saturated carbocycles. The second kappa shape index (κ2) is 7.54. The van der Waals surface area contributed by atoms with Gasteiger partial charge in [-0.2, -0.15) is 13.2 Å². The number of nitrogens with zero attached hydrogens (tertiary/aromatic N) is 4. The summed E-state index contributed by atoms with van der Waals surface area (Å²) in [7, 11) is -10.5. The lowest BCUT2D eigenvalue weighted by Gasteiger charge is -2.40. The highest BCUT2D eigenvalue weighted by atomic mass is 32.5. The standard InChI is InChI=1S/C16H15F8N5O2S/c1-2-3-13(30)29(25)14(31)4-5-28-9-26-15(27-28)10-6-11(16(17,18)19)8-12(7-10)32(20,21,22,23)24/h4-9H,2-3,25H2,1H3/b5-4-. The third kappa shape index (κ3) is 6.25. The molecule has 0 atom stereocenters. The minimum Gasteiger partial charge on any atom is -0.273 e. The first-order chi connectivity index (χ1) is 14.3. The number of hydrogen-bond donors (Lipinski definition) is 1. The zero-order valence-electron chi connectivity index (χ0n) is 16.0. The smallest absolute Gasteiger partial charge is 0.273 e. The molecule has 0 bridgehead atoms. The molecule has 16 heteroatoms. The number of benzene rings is 1. The van der Waals surface area contributed by atoms with Crippen LogP contribution in [0.3, 0.4) is 0 Å². The molecule has 0 fully saturated rings. The minimum atomic E-state index is -10.5. The summed E-state index contributed by atoms with van der Waals surface area (Å²) >= 11 is 0. The minimum absolute atomic E-state index is 0.0202. The number of rotatable bonds is 6. The molecule has 0 spiro atoms. The van der Waals surface area contributed by atoms with Crippen LogP contribution < -0.4 is 5.84 Å². The van der Waals surface area contributed by atoms with Crippen molar-refractivity contribution < 1.29 is 42.2 Å². The number of carbonyl (C=O) groups is 2. The van der Waals surface area contributed by atoms with Crippen molar-refractivity contribution in [2.24, 2.45) is 5.84 Å². The van der Waals surface area contributed by atoms with E-state index in [1.165, 1.54) is 0 Å². The van der Waals surface area contributed by atoms with E-state index in [0.717, 1.165) is 18.6 Å². The summed E-state index contributed by atoms with van der Waals surface area (Å²) < 4.78 is 105. The molecule has 0 aliphatic heterocycles. The molecule has 2 rings (SSSR count). The number of hydrazine groups is 1. The van der Waals surface area contributed by atoms with E-state index in [1.54, 1.807) is 6.92 Å².